The monoisotopic (exact) mass is 501 g/mol. The fourth-order valence-electron chi connectivity index (χ4n) is 3.56. The zero-order chi connectivity index (χ0) is 23.7. The highest BCUT2D eigenvalue weighted by molar-refractivity contribution is 7.99. The van der Waals surface area contributed by atoms with E-state index in [-0.39, 0.29) is 11.3 Å². The number of benzene rings is 2. The summed E-state index contributed by atoms with van der Waals surface area (Å²) < 4.78 is 47.3. The van der Waals surface area contributed by atoms with Gasteiger partial charge in [-0.25, -0.2) is 17.9 Å². The maximum absolute atomic E-state index is 13.6. The van der Waals surface area contributed by atoms with Gasteiger partial charge in [-0.05, 0) is 23.8 Å². The normalized spacial score (nSPS) is 25.4. The predicted octanol–water partition coefficient (Wildman–Crippen LogP) is 2.93. The summed E-state index contributed by atoms with van der Waals surface area (Å²) in [6.45, 7) is -0.524. The second-order valence-electron chi connectivity index (χ2n) is 7.44. The zero-order valence-electron chi connectivity index (χ0n) is 16.9. The van der Waals surface area contributed by atoms with E-state index in [2.05, 4.69) is 10.3 Å². The molecule has 176 valence electrons. The molecule has 0 aliphatic carbocycles. The molecule has 2 unspecified atom stereocenters. The Morgan fingerprint density at radius 2 is 1.79 bits per heavy atom. The third-order valence-electron chi connectivity index (χ3n) is 5.30. The number of halogens is 4. The second-order valence-corrected chi connectivity index (χ2v) is 8.93. The van der Waals surface area contributed by atoms with Gasteiger partial charge in [0.1, 0.15) is 35.5 Å². The van der Waals surface area contributed by atoms with Crippen molar-refractivity contribution in [2.75, 3.05) is 6.61 Å². The van der Waals surface area contributed by atoms with E-state index < -0.39 is 53.8 Å². The number of hydrogen-bond donors (Lipinski definition) is 3. The fraction of sp³-hybridized carbons (Fsp3) is 0.333. The smallest absolute Gasteiger partial charge is 0.194 e. The molecule has 2 aromatic carbocycles. The molecule has 0 amide bonds. The Morgan fingerprint density at radius 1 is 1.09 bits per heavy atom. The van der Waals surface area contributed by atoms with E-state index in [1.54, 1.807) is 12.1 Å². The third kappa shape index (κ3) is 4.88. The molecule has 2 heterocycles. The minimum Gasteiger partial charge on any atom is -0.394 e. The lowest BCUT2D eigenvalue weighted by atomic mass is 9.97. The Balaban J connectivity index is 1.58. The largest absolute Gasteiger partial charge is 0.394 e. The zero-order valence-corrected chi connectivity index (χ0v) is 18.4. The molecule has 1 saturated heterocycles. The highest BCUT2D eigenvalue weighted by Crippen LogP contribution is 2.37. The van der Waals surface area contributed by atoms with Crippen LogP contribution in [0.3, 0.4) is 0 Å². The number of thioether (sulfide) groups is 1. The van der Waals surface area contributed by atoms with E-state index in [0.717, 1.165) is 22.4 Å². The van der Waals surface area contributed by atoms with Gasteiger partial charge in [0.2, 0.25) is 0 Å². The summed E-state index contributed by atoms with van der Waals surface area (Å²) in [6, 6.07) is 7.61. The Hall–Kier alpha value is -2.15. The number of aliphatic hydroxyl groups is 3. The van der Waals surface area contributed by atoms with Gasteiger partial charge in [-0.1, -0.05) is 35.0 Å². The van der Waals surface area contributed by atoms with Crippen LogP contribution >= 0.6 is 23.4 Å². The average Bonchev–Trinajstić information content (AvgIpc) is 3.27. The van der Waals surface area contributed by atoms with Gasteiger partial charge >= 0.3 is 0 Å². The van der Waals surface area contributed by atoms with E-state index >= 15 is 0 Å². The lowest BCUT2D eigenvalue weighted by molar-refractivity contribution is -0.178. The van der Waals surface area contributed by atoms with Gasteiger partial charge in [0.15, 0.2) is 17.5 Å². The van der Waals surface area contributed by atoms with E-state index in [1.807, 2.05) is 12.1 Å². The first kappa shape index (κ1) is 24.0. The molecule has 0 spiro atoms. The molecule has 1 aliphatic heterocycles. The summed E-state index contributed by atoms with van der Waals surface area (Å²) in [5.74, 6) is -3.99. The lowest BCUT2D eigenvalue weighted by Crippen LogP contribution is -2.55. The SMILES string of the molecule is OCC1O[C@H](SCc2ccccc2Cl)[C@@H](O)C(n2cc(-c3cc(F)c(F)c(F)c3)nn2)[C@H]1O. The van der Waals surface area contributed by atoms with E-state index in [9.17, 15) is 28.5 Å². The van der Waals surface area contributed by atoms with Crippen LogP contribution in [0.4, 0.5) is 13.2 Å². The van der Waals surface area contributed by atoms with Crippen LogP contribution in [-0.4, -0.2) is 60.7 Å². The molecule has 0 saturated carbocycles. The van der Waals surface area contributed by atoms with Crippen LogP contribution in [0.25, 0.3) is 11.3 Å². The molecular weight excluding hydrogens is 483 g/mol. The second kappa shape index (κ2) is 10.00. The molecule has 0 radical (unpaired) electrons. The molecule has 4 rings (SSSR count). The third-order valence-corrected chi connectivity index (χ3v) is 6.87. The number of aromatic nitrogens is 3. The van der Waals surface area contributed by atoms with Crippen LogP contribution in [0.1, 0.15) is 11.6 Å². The molecular formula is C21H19ClF3N3O4S. The Bertz CT molecular complexity index is 1110. The lowest BCUT2D eigenvalue weighted by Gasteiger charge is -2.41. The van der Waals surface area contributed by atoms with Gasteiger partial charge in [-0.3, -0.25) is 0 Å². The molecule has 0 bridgehead atoms. The van der Waals surface area contributed by atoms with Gasteiger partial charge in [0, 0.05) is 16.3 Å². The topological polar surface area (TPSA) is 101 Å². The molecule has 1 aliphatic rings. The molecule has 3 aromatic rings. The van der Waals surface area contributed by atoms with E-state index in [0.29, 0.717) is 10.8 Å². The molecule has 12 heteroatoms. The predicted molar refractivity (Wildman–Crippen MR) is 115 cm³/mol. The van der Waals surface area contributed by atoms with Crippen LogP contribution < -0.4 is 0 Å². The molecule has 7 nitrogen and oxygen atoms in total. The van der Waals surface area contributed by atoms with Gasteiger partial charge < -0.3 is 20.1 Å². The standard InChI is InChI=1S/C21H19ClF3N3O4S/c22-12-4-2-1-3-10(12)9-33-21-20(31)18(19(30)16(8-29)32-21)28-7-15(26-27-28)11-5-13(23)17(25)14(24)6-11/h1-7,16,18-21,29-31H,8-9H2/t16?,18?,19-,20-,21+/m0/s1. The van der Waals surface area contributed by atoms with Crippen molar-refractivity contribution in [1.82, 2.24) is 15.0 Å². The van der Waals surface area contributed by atoms with Gasteiger partial charge in [0.25, 0.3) is 0 Å². The first-order valence-electron chi connectivity index (χ1n) is 9.84. The quantitative estimate of drug-likeness (QED) is 0.446. The van der Waals surface area contributed by atoms with Crippen LogP contribution in [0, 0.1) is 17.5 Å². The van der Waals surface area contributed by atoms with Crippen LogP contribution in [0.5, 0.6) is 0 Å². The average molecular weight is 502 g/mol. The highest BCUT2D eigenvalue weighted by Gasteiger charge is 2.46. The first-order valence-corrected chi connectivity index (χ1v) is 11.3. The first-order chi connectivity index (χ1) is 15.8. The van der Waals surface area contributed by atoms with E-state index in [1.165, 1.54) is 18.0 Å². The number of hydrogen-bond acceptors (Lipinski definition) is 7. The van der Waals surface area contributed by atoms with E-state index in [4.69, 9.17) is 16.3 Å². The van der Waals surface area contributed by atoms with Gasteiger partial charge in [0.05, 0.1) is 12.8 Å². The van der Waals surface area contributed by atoms with Crippen molar-refractivity contribution in [3.63, 3.8) is 0 Å². The molecule has 1 aromatic heterocycles. The summed E-state index contributed by atoms with van der Waals surface area (Å²) in [5.41, 5.74) is -0.122. The number of ether oxygens (including phenoxy) is 1. The number of rotatable bonds is 6. The minimum absolute atomic E-state index is 0.000453. The maximum Gasteiger partial charge on any atom is 0.194 e. The van der Waals surface area contributed by atoms with Crippen molar-refractivity contribution >= 4 is 23.4 Å². The van der Waals surface area contributed by atoms with Crippen molar-refractivity contribution in [1.29, 1.82) is 0 Å². The van der Waals surface area contributed by atoms with Gasteiger partial charge in [-0.15, -0.1) is 16.9 Å². The molecule has 5 atom stereocenters. The van der Waals surface area contributed by atoms with Crippen molar-refractivity contribution < 1.29 is 33.2 Å². The Labute approximate surface area is 195 Å². The summed E-state index contributed by atoms with van der Waals surface area (Å²) >= 11 is 7.40. The molecule has 3 N–H and O–H groups in total. The number of aliphatic hydroxyl groups excluding tert-OH is 3. The molecule has 1 fully saturated rings. The number of nitrogens with zero attached hydrogens (tertiary/aromatic N) is 3. The van der Waals surface area contributed by atoms with Crippen LogP contribution in [0.2, 0.25) is 5.02 Å². The Morgan fingerprint density at radius 3 is 2.45 bits per heavy atom. The minimum atomic E-state index is -1.61. The van der Waals surface area contributed by atoms with Gasteiger partial charge in [-0.2, -0.15) is 0 Å². The molecule has 33 heavy (non-hydrogen) atoms. The van der Waals surface area contributed by atoms with Crippen molar-refractivity contribution in [2.24, 2.45) is 0 Å². The van der Waals surface area contributed by atoms with Crippen molar-refractivity contribution in [2.45, 2.75) is 35.5 Å². The fourth-order valence-corrected chi connectivity index (χ4v) is 5.02. The highest BCUT2D eigenvalue weighted by atomic mass is 35.5. The summed E-state index contributed by atoms with van der Waals surface area (Å²) in [7, 11) is 0. The van der Waals surface area contributed by atoms with Crippen LogP contribution in [-0.2, 0) is 10.5 Å². The summed E-state index contributed by atoms with van der Waals surface area (Å²) in [4.78, 5) is 0. The van der Waals surface area contributed by atoms with Crippen molar-refractivity contribution in [3.8, 4) is 11.3 Å². The Kier molecular flexibility index (Phi) is 7.27. The maximum atomic E-state index is 13.6. The summed E-state index contributed by atoms with van der Waals surface area (Å²) in [5, 5.41) is 39.5. The van der Waals surface area contributed by atoms with Crippen molar-refractivity contribution in [3.05, 3.63) is 70.6 Å². The summed E-state index contributed by atoms with van der Waals surface area (Å²) in [6.07, 6.45) is -2.42. The van der Waals surface area contributed by atoms with Crippen LogP contribution in [0.15, 0.2) is 42.6 Å².